The molecular formula is C25H28F3N5O. The molecular weight excluding hydrogens is 443 g/mol. The number of halogens is 3. The summed E-state index contributed by atoms with van der Waals surface area (Å²) in [4.78, 5) is 6.76. The molecule has 9 heteroatoms. The third kappa shape index (κ3) is 5.46. The SMILES string of the molecule is COc1cc(C)ccc1NCC#Cc1nc2c([C@H]3CN(C)CCN3)cccn2c1CC(F)(F)F. The number of piperazine rings is 1. The lowest BCUT2D eigenvalue weighted by atomic mass is 10.1. The summed E-state index contributed by atoms with van der Waals surface area (Å²) in [5, 5.41) is 6.61. The van der Waals surface area contributed by atoms with E-state index in [1.54, 1.807) is 19.4 Å². The lowest BCUT2D eigenvalue weighted by Gasteiger charge is -2.31. The Bertz CT molecular complexity index is 1220. The Kier molecular flexibility index (Phi) is 7.00. The van der Waals surface area contributed by atoms with Crippen LogP contribution in [0.5, 0.6) is 5.75 Å². The summed E-state index contributed by atoms with van der Waals surface area (Å²) in [7, 11) is 3.61. The molecule has 34 heavy (non-hydrogen) atoms. The van der Waals surface area contributed by atoms with Gasteiger partial charge in [0.1, 0.15) is 17.1 Å². The number of ether oxygens (including phenoxy) is 1. The lowest BCUT2D eigenvalue weighted by Crippen LogP contribution is -2.43. The molecule has 6 nitrogen and oxygen atoms in total. The standard InChI is InChI=1S/C25H28F3N5O/c1-17-8-9-20(23(14-17)34-3)29-10-4-7-19-22(15-25(26,27)28)33-12-5-6-18(24(33)31-19)21-16-32(2)13-11-30-21/h5-6,8-9,12,14,21,29-30H,10-11,13,15-16H2,1-3H3/t21-/m1/s1. The first-order valence-corrected chi connectivity index (χ1v) is 11.1. The highest BCUT2D eigenvalue weighted by molar-refractivity contribution is 5.59. The van der Waals surface area contributed by atoms with Crippen LogP contribution in [-0.4, -0.2) is 60.8 Å². The van der Waals surface area contributed by atoms with Crippen LogP contribution >= 0.6 is 0 Å². The molecule has 0 radical (unpaired) electrons. The second-order valence-corrected chi connectivity index (χ2v) is 8.48. The van der Waals surface area contributed by atoms with E-state index in [1.807, 2.05) is 38.2 Å². The zero-order valence-electron chi connectivity index (χ0n) is 19.5. The smallest absolute Gasteiger partial charge is 0.394 e. The molecule has 0 bridgehead atoms. The summed E-state index contributed by atoms with van der Waals surface area (Å²) in [6.07, 6.45) is -3.85. The second-order valence-electron chi connectivity index (χ2n) is 8.48. The molecule has 2 N–H and O–H groups in total. The first-order valence-electron chi connectivity index (χ1n) is 11.1. The number of pyridine rings is 1. The molecule has 3 aromatic rings. The Morgan fingerprint density at radius 2 is 2.12 bits per heavy atom. The van der Waals surface area contributed by atoms with Crippen molar-refractivity contribution in [3.63, 3.8) is 0 Å². The van der Waals surface area contributed by atoms with Gasteiger partial charge in [0.2, 0.25) is 0 Å². The summed E-state index contributed by atoms with van der Waals surface area (Å²) in [6.45, 7) is 4.68. The van der Waals surface area contributed by atoms with Crippen molar-refractivity contribution >= 4 is 11.3 Å². The van der Waals surface area contributed by atoms with Gasteiger partial charge in [-0.05, 0) is 43.7 Å². The van der Waals surface area contributed by atoms with Gasteiger partial charge in [-0.15, -0.1) is 0 Å². The molecule has 180 valence electrons. The monoisotopic (exact) mass is 471 g/mol. The summed E-state index contributed by atoms with van der Waals surface area (Å²) >= 11 is 0. The quantitative estimate of drug-likeness (QED) is 0.555. The number of rotatable bonds is 5. The predicted octanol–water partition coefficient (Wildman–Crippen LogP) is 3.80. The second kappa shape index (κ2) is 9.95. The number of nitrogens with one attached hydrogen (secondary N) is 2. The first kappa shape index (κ1) is 23.9. The Morgan fingerprint density at radius 3 is 2.85 bits per heavy atom. The van der Waals surface area contributed by atoms with Crippen LogP contribution in [0.1, 0.15) is 28.6 Å². The number of alkyl halides is 3. The van der Waals surface area contributed by atoms with E-state index in [9.17, 15) is 13.2 Å². The van der Waals surface area contributed by atoms with Crippen molar-refractivity contribution in [3.05, 3.63) is 59.0 Å². The normalized spacial score (nSPS) is 16.8. The van der Waals surface area contributed by atoms with Gasteiger partial charge in [0.05, 0.1) is 31.5 Å². The molecule has 1 aliphatic rings. The fourth-order valence-electron chi connectivity index (χ4n) is 4.19. The largest absolute Gasteiger partial charge is 0.495 e. The molecule has 4 rings (SSSR count). The first-order chi connectivity index (χ1) is 16.2. The van der Waals surface area contributed by atoms with Crippen LogP contribution in [-0.2, 0) is 6.42 Å². The van der Waals surface area contributed by atoms with Crippen molar-refractivity contribution < 1.29 is 17.9 Å². The van der Waals surface area contributed by atoms with Crippen LogP contribution in [0.2, 0.25) is 0 Å². The van der Waals surface area contributed by atoms with Crippen molar-refractivity contribution in [1.29, 1.82) is 0 Å². The van der Waals surface area contributed by atoms with Gasteiger partial charge in [0, 0.05) is 37.4 Å². The molecule has 0 saturated carbocycles. The molecule has 0 unspecified atom stereocenters. The fourth-order valence-corrected chi connectivity index (χ4v) is 4.19. The van der Waals surface area contributed by atoms with Gasteiger partial charge in [0.25, 0.3) is 0 Å². The van der Waals surface area contributed by atoms with E-state index in [0.717, 1.165) is 36.4 Å². The number of aryl methyl sites for hydroxylation is 1. The Morgan fingerprint density at radius 1 is 1.29 bits per heavy atom. The van der Waals surface area contributed by atoms with Gasteiger partial charge in [0.15, 0.2) is 0 Å². The van der Waals surface area contributed by atoms with Crippen molar-refractivity contribution in [3.8, 4) is 17.6 Å². The van der Waals surface area contributed by atoms with Crippen molar-refractivity contribution in [2.24, 2.45) is 0 Å². The van der Waals surface area contributed by atoms with E-state index >= 15 is 0 Å². The molecule has 1 saturated heterocycles. The number of anilines is 1. The van der Waals surface area contributed by atoms with E-state index in [4.69, 9.17) is 4.74 Å². The number of nitrogens with zero attached hydrogens (tertiary/aromatic N) is 3. The highest BCUT2D eigenvalue weighted by atomic mass is 19.4. The van der Waals surface area contributed by atoms with Gasteiger partial charge < -0.3 is 24.7 Å². The van der Waals surface area contributed by atoms with E-state index < -0.39 is 12.6 Å². The number of imidazole rings is 1. The zero-order chi connectivity index (χ0) is 24.3. The topological polar surface area (TPSA) is 53.8 Å². The summed E-state index contributed by atoms with van der Waals surface area (Å²) < 4.78 is 47.2. The maximum absolute atomic E-state index is 13.4. The van der Waals surface area contributed by atoms with Crippen LogP contribution in [0.4, 0.5) is 18.9 Å². The third-order valence-electron chi connectivity index (χ3n) is 5.83. The van der Waals surface area contributed by atoms with Crippen molar-refractivity contribution in [2.45, 2.75) is 25.6 Å². The minimum absolute atomic E-state index is 0.0138. The molecule has 0 aliphatic carbocycles. The van der Waals surface area contributed by atoms with Gasteiger partial charge >= 0.3 is 6.18 Å². The minimum Gasteiger partial charge on any atom is -0.495 e. The molecule has 0 amide bonds. The van der Waals surface area contributed by atoms with Crippen molar-refractivity contribution in [2.75, 3.05) is 45.7 Å². The number of hydrogen-bond acceptors (Lipinski definition) is 5. The van der Waals surface area contributed by atoms with Crippen LogP contribution in [0.3, 0.4) is 0 Å². The summed E-state index contributed by atoms with van der Waals surface area (Å²) in [6, 6.07) is 9.40. The maximum Gasteiger partial charge on any atom is 0.394 e. The van der Waals surface area contributed by atoms with Crippen LogP contribution in [0.15, 0.2) is 36.5 Å². The minimum atomic E-state index is -4.38. The lowest BCUT2D eigenvalue weighted by molar-refractivity contribution is -0.128. The van der Waals surface area contributed by atoms with E-state index in [1.165, 1.54) is 4.40 Å². The number of benzene rings is 1. The molecule has 0 spiro atoms. The molecule has 3 heterocycles. The van der Waals surface area contributed by atoms with Gasteiger partial charge in [-0.3, -0.25) is 0 Å². The van der Waals surface area contributed by atoms with E-state index in [0.29, 0.717) is 11.4 Å². The Hall–Kier alpha value is -3.22. The maximum atomic E-state index is 13.4. The van der Waals surface area contributed by atoms with Crippen LogP contribution in [0, 0.1) is 18.8 Å². The van der Waals surface area contributed by atoms with Crippen LogP contribution < -0.4 is 15.4 Å². The Balaban J connectivity index is 1.65. The van der Waals surface area contributed by atoms with Gasteiger partial charge in [-0.2, -0.15) is 13.2 Å². The Labute approximate surface area is 197 Å². The summed E-state index contributed by atoms with van der Waals surface area (Å²) in [5.74, 6) is 6.48. The highest BCUT2D eigenvalue weighted by Crippen LogP contribution is 2.28. The average Bonchev–Trinajstić information content (AvgIpc) is 3.13. The number of likely N-dealkylation sites (N-methyl/N-ethyl adjacent to an activating group) is 1. The van der Waals surface area contributed by atoms with Gasteiger partial charge in [-0.1, -0.05) is 18.1 Å². The molecule has 1 atom stereocenters. The number of hydrogen-bond donors (Lipinski definition) is 2. The predicted molar refractivity (Wildman–Crippen MR) is 126 cm³/mol. The highest BCUT2D eigenvalue weighted by Gasteiger charge is 2.32. The number of fused-ring (bicyclic) bond motifs is 1. The molecule has 2 aromatic heterocycles. The van der Waals surface area contributed by atoms with E-state index in [2.05, 4.69) is 32.4 Å². The zero-order valence-corrected chi connectivity index (χ0v) is 19.5. The number of methoxy groups -OCH3 is 1. The third-order valence-corrected chi connectivity index (χ3v) is 5.83. The van der Waals surface area contributed by atoms with E-state index in [-0.39, 0.29) is 24.0 Å². The fraction of sp³-hybridized carbons (Fsp3) is 0.400. The van der Waals surface area contributed by atoms with Crippen LogP contribution in [0.25, 0.3) is 5.65 Å². The number of aromatic nitrogens is 2. The molecule has 1 aliphatic heterocycles. The summed E-state index contributed by atoms with van der Waals surface area (Å²) in [5.41, 5.74) is 3.40. The van der Waals surface area contributed by atoms with Crippen molar-refractivity contribution in [1.82, 2.24) is 19.6 Å². The van der Waals surface area contributed by atoms with Gasteiger partial charge in [-0.25, -0.2) is 4.98 Å². The average molecular weight is 472 g/mol. The molecule has 1 aromatic carbocycles. The molecule has 1 fully saturated rings.